The van der Waals surface area contributed by atoms with Gasteiger partial charge >= 0.3 is 0 Å². The van der Waals surface area contributed by atoms with Crippen LogP contribution in [0.15, 0.2) is 52.9 Å². The van der Waals surface area contributed by atoms with Crippen LogP contribution in [0.1, 0.15) is 11.4 Å². The van der Waals surface area contributed by atoms with Crippen molar-refractivity contribution in [2.75, 3.05) is 16.4 Å². The third kappa shape index (κ3) is 5.39. The van der Waals surface area contributed by atoms with Crippen molar-refractivity contribution in [2.45, 2.75) is 17.0 Å². The molecule has 4 rings (SSSR count). The molecule has 0 atom stereocenters. The molecule has 152 valence electrons. The van der Waals surface area contributed by atoms with E-state index in [-0.39, 0.29) is 11.8 Å². The van der Waals surface area contributed by atoms with Crippen LogP contribution in [0, 0.1) is 12.7 Å². The van der Waals surface area contributed by atoms with E-state index >= 15 is 0 Å². The predicted octanol–water partition coefficient (Wildman–Crippen LogP) is 4.53. The van der Waals surface area contributed by atoms with Gasteiger partial charge < -0.3 is 16.4 Å². The van der Waals surface area contributed by atoms with Crippen LogP contribution in [-0.2, 0) is 5.75 Å². The number of halogens is 1. The Hall–Kier alpha value is -3.31. The molecule has 0 fully saturated rings. The maximum atomic E-state index is 13.0. The highest BCUT2D eigenvalue weighted by atomic mass is 32.2. The molecule has 0 radical (unpaired) electrons. The first-order valence-corrected chi connectivity index (χ1v) is 10.7. The predicted molar refractivity (Wildman–Crippen MR) is 118 cm³/mol. The molecule has 0 bridgehead atoms. The molecule has 2 heterocycles. The molecule has 0 aliphatic heterocycles. The molecule has 4 aromatic rings. The molecule has 2 aromatic carbocycles. The topological polar surface area (TPSA) is 115 Å². The van der Waals surface area contributed by atoms with Gasteiger partial charge in [0.1, 0.15) is 11.6 Å². The second-order valence-corrected chi connectivity index (χ2v) is 8.42. The van der Waals surface area contributed by atoms with E-state index in [1.54, 1.807) is 12.1 Å². The molecule has 0 aliphatic rings. The first kappa shape index (κ1) is 20.0. The van der Waals surface area contributed by atoms with E-state index in [2.05, 4.69) is 35.8 Å². The average molecular weight is 441 g/mol. The highest BCUT2D eigenvalue weighted by Crippen LogP contribution is 2.29. The molecule has 8 nitrogen and oxygen atoms in total. The van der Waals surface area contributed by atoms with Crippen molar-refractivity contribution >= 4 is 51.5 Å². The number of nitrogens with two attached hydrogens (primary N) is 1. The van der Waals surface area contributed by atoms with Gasteiger partial charge in [0.05, 0.1) is 5.75 Å². The number of aromatic nitrogens is 5. The number of aryl methyl sites for hydroxylation is 1. The van der Waals surface area contributed by atoms with Gasteiger partial charge in [-0.2, -0.15) is 15.0 Å². The van der Waals surface area contributed by atoms with Gasteiger partial charge in [0.2, 0.25) is 17.0 Å². The van der Waals surface area contributed by atoms with Gasteiger partial charge in [0, 0.05) is 11.4 Å². The van der Waals surface area contributed by atoms with E-state index < -0.39 is 0 Å². The number of nitrogen functional groups attached to an aromatic ring is 1. The fourth-order valence-corrected chi connectivity index (χ4v) is 4.05. The maximum Gasteiger partial charge on any atom is 0.232 e. The van der Waals surface area contributed by atoms with E-state index in [4.69, 9.17) is 5.73 Å². The summed E-state index contributed by atoms with van der Waals surface area (Å²) < 4.78 is 13.8. The molecule has 0 aliphatic carbocycles. The van der Waals surface area contributed by atoms with E-state index in [1.165, 1.54) is 40.8 Å². The zero-order chi connectivity index (χ0) is 20.9. The van der Waals surface area contributed by atoms with Crippen LogP contribution in [0.5, 0.6) is 0 Å². The second-order valence-electron chi connectivity index (χ2n) is 6.22. The van der Waals surface area contributed by atoms with Crippen molar-refractivity contribution in [2.24, 2.45) is 0 Å². The number of nitrogens with zero attached hydrogens (tertiary/aromatic N) is 5. The lowest BCUT2D eigenvalue weighted by Gasteiger charge is -2.06. The average Bonchev–Trinajstić information content (AvgIpc) is 3.17. The summed E-state index contributed by atoms with van der Waals surface area (Å²) in [6.45, 7) is 2.04. The number of thioether (sulfide) groups is 1. The van der Waals surface area contributed by atoms with Crippen LogP contribution < -0.4 is 16.4 Å². The largest absolute Gasteiger partial charge is 0.368 e. The summed E-state index contributed by atoms with van der Waals surface area (Å²) in [6, 6.07) is 13.9. The van der Waals surface area contributed by atoms with Crippen LogP contribution in [0.3, 0.4) is 0 Å². The van der Waals surface area contributed by atoms with Crippen molar-refractivity contribution in [3.8, 4) is 0 Å². The monoisotopic (exact) mass is 440 g/mol. The summed E-state index contributed by atoms with van der Waals surface area (Å²) in [5, 5.41) is 15.3. The number of rotatable bonds is 7. The number of nitrogens with one attached hydrogen (secondary N) is 2. The third-order valence-corrected chi connectivity index (χ3v) is 5.80. The molecule has 0 saturated carbocycles. The summed E-state index contributed by atoms with van der Waals surface area (Å²) >= 11 is 2.89. The Balaban J connectivity index is 1.38. The van der Waals surface area contributed by atoms with E-state index in [0.29, 0.717) is 28.3 Å². The minimum atomic E-state index is -0.318. The fraction of sp³-hybridized carbons (Fsp3) is 0.105. The van der Waals surface area contributed by atoms with Gasteiger partial charge in [-0.1, -0.05) is 40.8 Å². The third-order valence-electron chi connectivity index (χ3n) is 3.83. The van der Waals surface area contributed by atoms with Gasteiger partial charge in [0.25, 0.3) is 0 Å². The van der Waals surface area contributed by atoms with Gasteiger partial charge in [0.15, 0.2) is 4.34 Å². The van der Waals surface area contributed by atoms with Gasteiger partial charge in [-0.05, 0) is 43.3 Å². The number of hydrogen-bond acceptors (Lipinski definition) is 10. The first-order valence-electron chi connectivity index (χ1n) is 8.86. The van der Waals surface area contributed by atoms with Crippen molar-refractivity contribution in [1.82, 2.24) is 25.1 Å². The standard InChI is InChI=1S/C19H17FN8S2/c1-11-2-6-14(7-3-11)23-18-27-28-19(30-18)29-10-15-24-16(21)26-17(25-15)22-13-8-4-12(20)5-9-13/h2-9H,10H2,1H3,(H,23,27)(H3,21,22,24,25,26). The minimum absolute atomic E-state index is 0.101. The highest BCUT2D eigenvalue weighted by molar-refractivity contribution is 8.00. The highest BCUT2D eigenvalue weighted by Gasteiger charge is 2.10. The SMILES string of the molecule is Cc1ccc(Nc2nnc(SCc3nc(N)nc(Nc4ccc(F)cc4)n3)s2)cc1. The molecule has 11 heteroatoms. The van der Waals surface area contributed by atoms with Gasteiger partial charge in [-0.25, -0.2) is 4.39 Å². The second kappa shape index (κ2) is 9.01. The lowest BCUT2D eigenvalue weighted by molar-refractivity contribution is 0.628. The molecule has 0 unspecified atom stereocenters. The molecule has 4 N–H and O–H groups in total. The van der Waals surface area contributed by atoms with E-state index in [1.807, 2.05) is 31.2 Å². The van der Waals surface area contributed by atoms with Crippen molar-refractivity contribution in [3.63, 3.8) is 0 Å². The Labute approximate surface area is 180 Å². The Bertz CT molecular complexity index is 1130. The lowest BCUT2D eigenvalue weighted by atomic mass is 10.2. The van der Waals surface area contributed by atoms with Crippen LogP contribution in [0.2, 0.25) is 0 Å². The number of benzene rings is 2. The summed E-state index contributed by atoms with van der Waals surface area (Å²) in [7, 11) is 0. The first-order chi connectivity index (χ1) is 14.5. The Morgan fingerprint density at radius 1 is 0.933 bits per heavy atom. The van der Waals surface area contributed by atoms with E-state index in [9.17, 15) is 4.39 Å². The number of anilines is 5. The van der Waals surface area contributed by atoms with Gasteiger partial charge in [-0.15, -0.1) is 10.2 Å². The van der Waals surface area contributed by atoms with E-state index in [0.717, 1.165) is 10.0 Å². The molecule has 0 saturated heterocycles. The minimum Gasteiger partial charge on any atom is -0.368 e. The molecular formula is C19H17FN8S2. The summed E-state index contributed by atoms with van der Waals surface area (Å²) in [5.74, 6) is 1.03. The Kier molecular flexibility index (Phi) is 6.00. The summed E-state index contributed by atoms with van der Waals surface area (Å²) in [6.07, 6.45) is 0. The van der Waals surface area contributed by atoms with Crippen LogP contribution in [-0.4, -0.2) is 25.1 Å². The lowest BCUT2D eigenvalue weighted by Crippen LogP contribution is -2.06. The van der Waals surface area contributed by atoms with Crippen molar-refractivity contribution in [3.05, 3.63) is 65.7 Å². The van der Waals surface area contributed by atoms with Gasteiger partial charge in [-0.3, -0.25) is 0 Å². The molecule has 30 heavy (non-hydrogen) atoms. The van der Waals surface area contributed by atoms with Crippen LogP contribution in [0.4, 0.5) is 32.8 Å². The normalized spacial score (nSPS) is 10.7. The Morgan fingerprint density at radius 2 is 1.63 bits per heavy atom. The smallest absolute Gasteiger partial charge is 0.232 e. The molecular weight excluding hydrogens is 423 g/mol. The zero-order valence-electron chi connectivity index (χ0n) is 15.8. The zero-order valence-corrected chi connectivity index (χ0v) is 17.5. The van der Waals surface area contributed by atoms with Crippen LogP contribution in [0.25, 0.3) is 0 Å². The fourth-order valence-electron chi connectivity index (χ4n) is 2.43. The quantitative estimate of drug-likeness (QED) is 0.356. The summed E-state index contributed by atoms with van der Waals surface area (Å²) in [5.41, 5.74) is 8.60. The molecule has 2 aromatic heterocycles. The summed E-state index contributed by atoms with van der Waals surface area (Å²) in [4.78, 5) is 12.6. The maximum absolute atomic E-state index is 13.0. The van der Waals surface area contributed by atoms with Crippen molar-refractivity contribution < 1.29 is 4.39 Å². The molecule has 0 spiro atoms. The van der Waals surface area contributed by atoms with Crippen LogP contribution >= 0.6 is 23.1 Å². The Morgan fingerprint density at radius 3 is 2.40 bits per heavy atom. The number of hydrogen-bond donors (Lipinski definition) is 3. The van der Waals surface area contributed by atoms with Crippen molar-refractivity contribution in [1.29, 1.82) is 0 Å². The molecule has 0 amide bonds.